The highest BCUT2D eigenvalue weighted by molar-refractivity contribution is 7.91. The first-order chi connectivity index (χ1) is 18.3. The van der Waals surface area contributed by atoms with Gasteiger partial charge in [0.1, 0.15) is 11.8 Å². The molecule has 1 fully saturated rings. The van der Waals surface area contributed by atoms with Crippen LogP contribution in [0.3, 0.4) is 0 Å². The smallest absolute Gasteiger partial charge is 0.243 e. The lowest BCUT2D eigenvalue weighted by atomic mass is 9.68. The molecule has 0 radical (unpaired) electrons. The minimum Gasteiger partial charge on any atom is -0.497 e. The number of halogens is 1. The van der Waals surface area contributed by atoms with E-state index >= 15 is 0 Å². The van der Waals surface area contributed by atoms with Gasteiger partial charge in [0.25, 0.3) is 0 Å². The summed E-state index contributed by atoms with van der Waals surface area (Å²) < 4.78 is 31.4. The summed E-state index contributed by atoms with van der Waals surface area (Å²) in [6.45, 7) is 0.299. The molecule has 2 heterocycles. The third kappa shape index (κ3) is 5.12. The van der Waals surface area contributed by atoms with Gasteiger partial charge in [-0.15, -0.1) is 0 Å². The highest BCUT2D eigenvalue weighted by atomic mass is 35.5. The number of hydrogen-bond acceptors (Lipinski definition) is 6. The molecule has 2 aromatic carbocycles. The molecule has 0 saturated heterocycles. The molecule has 1 saturated carbocycles. The number of rotatable bonds is 6. The topological polar surface area (TPSA) is 97.4 Å². The first-order valence-corrected chi connectivity index (χ1v) is 14.9. The lowest BCUT2D eigenvalue weighted by Gasteiger charge is -2.36. The summed E-state index contributed by atoms with van der Waals surface area (Å²) in [4.78, 5) is 18.1. The summed E-state index contributed by atoms with van der Waals surface area (Å²) in [5.41, 5.74) is 2.69. The number of methoxy groups -OCH3 is 1. The van der Waals surface area contributed by atoms with Gasteiger partial charge >= 0.3 is 0 Å². The van der Waals surface area contributed by atoms with Crippen molar-refractivity contribution in [3.63, 3.8) is 0 Å². The van der Waals surface area contributed by atoms with Gasteiger partial charge in [-0.05, 0) is 54.8 Å². The monoisotopic (exact) mass is 553 g/mol. The Labute approximate surface area is 228 Å². The lowest BCUT2D eigenvalue weighted by Crippen LogP contribution is -2.50. The number of hydrogen-bond donors (Lipinski definition) is 2. The fourth-order valence-electron chi connectivity index (χ4n) is 5.80. The predicted octanol–water partition coefficient (Wildman–Crippen LogP) is 5.67. The minimum atomic E-state index is -3.78. The summed E-state index contributed by atoms with van der Waals surface area (Å²) in [6, 6.07) is 12.6. The Morgan fingerprint density at radius 2 is 1.76 bits per heavy atom. The SMILES string of the molecule is COc1cc(Cl)cc(S(=O)(=O)c2ccc(CNC(=O)C3Nc4ccncc4C34CCCCCCC4)cc2)c1. The van der Waals surface area contributed by atoms with E-state index in [1.165, 1.54) is 38.5 Å². The van der Waals surface area contributed by atoms with Crippen molar-refractivity contribution in [1.29, 1.82) is 0 Å². The Bertz CT molecular complexity index is 1420. The number of sulfone groups is 1. The summed E-state index contributed by atoms with van der Waals surface area (Å²) in [6.07, 6.45) is 11.4. The molecule has 1 atom stereocenters. The lowest BCUT2D eigenvalue weighted by molar-refractivity contribution is -0.123. The molecule has 7 nitrogen and oxygen atoms in total. The molecule has 1 aromatic heterocycles. The average Bonchev–Trinajstić information content (AvgIpc) is 3.24. The zero-order valence-electron chi connectivity index (χ0n) is 21.4. The third-order valence-corrected chi connectivity index (χ3v) is 9.78. The van der Waals surface area contributed by atoms with Gasteiger partial charge in [-0.3, -0.25) is 9.78 Å². The van der Waals surface area contributed by atoms with Crippen LogP contribution in [0.15, 0.2) is 70.7 Å². The van der Waals surface area contributed by atoms with Gasteiger partial charge in [-0.2, -0.15) is 0 Å². The number of nitrogens with zero attached hydrogens (tertiary/aromatic N) is 1. The standard InChI is InChI=1S/C29H32ClN3O4S/c1-37-22-15-21(30)16-24(17-22)38(35,36)23-9-7-20(8-10-23)18-32-28(34)27-29(12-5-3-2-4-6-13-29)25-19-31-14-11-26(25)33-27/h7-11,14-17,19,27,33H,2-6,12-13,18H2,1H3,(H,32,34). The van der Waals surface area contributed by atoms with E-state index < -0.39 is 9.84 Å². The highest BCUT2D eigenvalue weighted by Gasteiger charge is 2.49. The van der Waals surface area contributed by atoms with Crippen molar-refractivity contribution >= 4 is 33.0 Å². The van der Waals surface area contributed by atoms with Crippen LogP contribution in [0.1, 0.15) is 56.1 Å². The van der Waals surface area contributed by atoms with Crippen molar-refractivity contribution in [3.8, 4) is 5.75 Å². The number of carbonyl (C=O) groups is 1. The number of ether oxygens (including phenoxy) is 1. The molecule has 1 amide bonds. The van der Waals surface area contributed by atoms with E-state index in [-0.39, 0.29) is 32.2 Å². The van der Waals surface area contributed by atoms with Crippen LogP contribution in [0, 0.1) is 0 Å². The molecule has 200 valence electrons. The van der Waals surface area contributed by atoms with E-state index in [0.717, 1.165) is 42.5 Å². The predicted molar refractivity (Wildman–Crippen MR) is 147 cm³/mol. The van der Waals surface area contributed by atoms with Crippen molar-refractivity contribution in [3.05, 3.63) is 77.1 Å². The number of amides is 1. The molecule has 1 spiro atoms. The number of benzene rings is 2. The van der Waals surface area contributed by atoms with Crippen molar-refractivity contribution in [1.82, 2.24) is 10.3 Å². The quantitative estimate of drug-likeness (QED) is 0.408. The molecule has 2 aliphatic rings. The molecule has 1 aliphatic carbocycles. The Kier molecular flexibility index (Phi) is 7.63. The maximum Gasteiger partial charge on any atom is 0.243 e. The van der Waals surface area contributed by atoms with E-state index in [2.05, 4.69) is 15.6 Å². The zero-order chi connectivity index (χ0) is 26.8. The van der Waals surface area contributed by atoms with Gasteiger partial charge in [0.2, 0.25) is 15.7 Å². The molecule has 5 rings (SSSR count). The summed E-state index contributed by atoms with van der Waals surface area (Å²) >= 11 is 6.08. The Morgan fingerprint density at radius 1 is 1.05 bits per heavy atom. The van der Waals surface area contributed by atoms with E-state index in [1.54, 1.807) is 36.5 Å². The second-order valence-electron chi connectivity index (χ2n) is 10.1. The number of nitrogens with one attached hydrogen (secondary N) is 2. The van der Waals surface area contributed by atoms with Crippen LogP contribution >= 0.6 is 11.6 Å². The van der Waals surface area contributed by atoms with Crippen LogP contribution < -0.4 is 15.4 Å². The molecular weight excluding hydrogens is 522 g/mol. The maximum atomic E-state index is 13.5. The van der Waals surface area contributed by atoms with E-state index in [0.29, 0.717) is 12.3 Å². The Morgan fingerprint density at radius 3 is 2.47 bits per heavy atom. The van der Waals surface area contributed by atoms with Gasteiger partial charge in [0.05, 0.1) is 16.9 Å². The fraction of sp³-hybridized carbons (Fsp3) is 0.379. The van der Waals surface area contributed by atoms with Crippen molar-refractivity contribution < 1.29 is 17.9 Å². The van der Waals surface area contributed by atoms with Crippen molar-refractivity contribution in [2.45, 2.75) is 72.7 Å². The normalized spacial score (nSPS) is 18.6. The molecular formula is C29H32ClN3O4S. The van der Waals surface area contributed by atoms with Crippen LogP contribution in [0.25, 0.3) is 0 Å². The number of anilines is 1. The van der Waals surface area contributed by atoms with E-state index in [4.69, 9.17) is 16.3 Å². The van der Waals surface area contributed by atoms with Gasteiger partial charge in [-0.25, -0.2) is 8.42 Å². The first-order valence-electron chi connectivity index (χ1n) is 13.0. The molecule has 2 N–H and O–H groups in total. The molecule has 1 aliphatic heterocycles. The number of carbonyl (C=O) groups excluding carboxylic acids is 1. The molecule has 38 heavy (non-hydrogen) atoms. The minimum absolute atomic E-state index is 0.0514. The van der Waals surface area contributed by atoms with Crippen molar-refractivity contribution in [2.75, 3.05) is 12.4 Å². The number of pyridine rings is 1. The highest BCUT2D eigenvalue weighted by Crippen LogP contribution is 2.48. The van der Waals surface area contributed by atoms with E-state index in [1.807, 2.05) is 12.3 Å². The Hall–Kier alpha value is -3.10. The van der Waals surface area contributed by atoms with Crippen LogP contribution in [0.4, 0.5) is 5.69 Å². The van der Waals surface area contributed by atoms with Crippen LogP contribution in [0.5, 0.6) is 5.75 Å². The Balaban J connectivity index is 1.31. The van der Waals surface area contributed by atoms with Crippen molar-refractivity contribution in [2.24, 2.45) is 0 Å². The van der Waals surface area contributed by atoms with Gasteiger partial charge in [-0.1, -0.05) is 55.8 Å². The van der Waals surface area contributed by atoms with E-state index in [9.17, 15) is 13.2 Å². The number of fused-ring (bicyclic) bond motifs is 2. The summed E-state index contributed by atoms with van der Waals surface area (Å²) in [7, 11) is -2.32. The second-order valence-corrected chi connectivity index (χ2v) is 12.5. The van der Waals surface area contributed by atoms with Gasteiger partial charge in [0.15, 0.2) is 0 Å². The molecule has 1 unspecified atom stereocenters. The summed E-state index contributed by atoms with van der Waals surface area (Å²) in [5.74, 6) is 0.320. The molecule has 9 heteroatoms. The third-order valence-electron chi connectivity index (χ3n) is 7.81. The average molecular weight is 554 g/mol. The van der Waals surface area contributed by atoms with Gasteiger partial charge in [0, 0.05) is 40.6 Å². The number of aromatic nitrogens is 1. The molecule has 3 aromatic rings. The second kappa shape index (κ2) is 10.9. The molecule has 0 bridgehead atoms. The van der Waals surface area contributed by atoms with Gasteiger partial charge < -0.3 is 15.4 Å². The van der Waals surface area contributed by atoms with Crippen LogP contribution in [-0.2, 0) is 26.6 Å². The van der Waals surface area contributed by atoms with Crippen LogP contribution in [0.2, 0.25) is 5.02 Å². The largest absolute Gasteiger partial charge is 0.497 e. The summed E-state index contributed by atoms with van der Waals surface area (Å²) in [5, 5.41) is 6.86. The first kappa shape index (κ1) is 26.5. The zero-order valence-corrected chi connectivity index (χ0v) is 22.9. The maximum absolute atomic E-state index is 13.5. The van der Waals surface area contributed by atoms with Crippen LogP contribution in [-0.4, -0.2) is 32.5 Å². The fourth-order valence-corrected chi connectivity index (χ4v) is 7.41.